The predicted molar refractivity (Wildman–Crippen MR) is 64.1 cm³/mol. The highest BCUT2D eigenvalue weighted by atomic mass is 35.5. The van der Waals surface area contributed by atoms with Crippen molar-refractivity contribution in [2.24, 2.45) is 5.92 Å². The van der Waals surface area contributed by atoms with Crippen LogP contribution in [0.2, 0.25) is 5.28 Å². The second-order valence-electron chi connectivity index (χ2n) is 4.39. The summed E-state index contributed by atoms with van der Waals surface area (Å²) >= 11 is 5.83. The quantitative estimate of drug-likeness (QED) is 0.853. The van der Waals surface area contributed by atoms with Crippen molar-refractivity contribution in [3.63, 3.8) is 0 Å². The molecule has 90 valence electrons. The number of H-pyrrole nitrogens is 1. The summed E-state index contributed by atoms with van der Waals surface area (Å²) in [5, 5.41) is 7.65. The molecule has 0 aliphatic heterocycles. The highest BCUT2D eigenvalue weighted by Crippen LogP contribution is 2.27. The SMILES string of the molecule is Clc1nc(OCC2CCCC2)c2cn[nH]c2n1. The number of halogens is 1. The molecule has 5 nitrogen and oxygen atoms in total. The molecule has 0 atom stereocenters. The van der Waals surface area contributed by atoms with Gasteiger partial charge in [0.1, 0.15) is 5.39 Å². The van der Waals surface area contributed by atoms with Crippen LogP contribution >= 0.6 is 11.6 Å². The molecular weight excluding hydrogens is 240 g/mol. The molecule has 2 aromatic heterocycles. The van der Waals surface area contributed by atoms with Gasteiger partial charge in [-0.2, -0.15) is 15.1 Å². The monoisotopic (exact) mass is 252 g/mol. The lowest BCUT2D eigenvalue weighted by Gasteiger charge is -2.10. The van der Waals surface area contributed by atoms with E-state index in [4.69, 9.17) is 16.3 Å². The molecule has 1 N–H and O–H groups in total. The predicted octanol–water partition coefficient (Wildman–Crippen LogP) is 2.58. The van der Waals surface area contributed by atoms with E-state index in [2.05, 4.69) is 20.2 Å². The van der Waals surface area contributed by atoms with E-state index in [-0.39, 0.29) is 5.28 Å². The molecule has 1 aliphatic rings. The average Bonchev–Trinajstić information content (AvgIpc) is 2.95. The fourth-order valence-corrected chi connectivity index (χ4v) is 2.43. The lowest BCUT2D eigenvalue weighted by atomic mass is 10.1. The maximum atomic E-state index is 5.83. The van der Waals surface area contributed by atoms with E-state index < -0.39 is 0 Å². The van der Waals surface area contributed by atoms with Gasteiger partial charge in [-0.15, -0.1) is 0 Å². The van der Waals surface area contributed by atoms with Crippen LogP contribution in [0, 0.1) is 5.92 Å². The molecule has 1 aliphatic carbocycles. The minimum absolute atomic E-state index is 0.183. The first-order chi connectivity index (χ1) is 8.33. The molecule has 6 heteroatoms. The largest absolute Gasteiger partial charge is 0.477 e. The lowest BCUT2D eigenvalue weighted by Crippen LogP contribution is -2.09. The van der Waals surface area contributed by atoms with E-state index in [1.165, 1.54) is 25.7 Å². The molecule has 0 unspecified atom stereocenters. The van der Waals surface area contributed by atoms with Gasteiger partial charge in [0.05, 0.1) is 12.8 Å². The maximum absolute atomic E-state index is 5.83. The molecule has 3 rings (SSSR count). The first kappa shape index (κ1) is 10.8. The molecule has 0 bridgehead atoms. The summed E-state index contributed by atoms with van der Waals surface area (Å²) in [7, 11) is 0. The molecule has 17 heavy (non-hydrogen) atoms. The van der Waals surface area contributed by atoms with Gasteiger partial charge in [-0.1, -0.05) is 12.8 Å². The number of nitrogens with one attached hydrogen (secondary N) is 1. The lowest BCUT2D eigenvalue weighted by molar-refractivity contribution is 0.246. The number of aromatic amines is 1. The van der Waals surface area contributed by atoms with Crippen LogP contribution in [-0.2, 0) is 0 Å². The normalized spacial score (nSPS) is 16.8. The molecule has 0 radical (unpaired) electrons. The Bertz CT molecular complexity index is 521. The van der Waals surface area contributed by atoms with Gasteiger partial charge in [0.15, 0.2) is 5.65 Å². The van der Waals surface area contributed by atoms with Gasteiger partial charge in [-0.3, -0.25) is 5.10 Å². The Morgan fingerprint density at radius 2 is 2.18 bits per heavy atom. The standard InChI is InChI=1S/C11H13ClN4O/c12-11-14-9-8(5-13-16-9)10(15-11)17-6-7-3-1-2-4-7/h5,7H,1-4,6H2,(H,13,14,15,16). The van der Waals surface area contributed by atoms with Crippen molar-refractivity contribution in [3.05, 3.63) is 11.5 Å². The number of fused-ring (bicyclic) bond motifs is 1. The summed E-state index contributed by atoms with van der Waals surface area (Å²) in [6, 6.07) is 0. The highest BCUT2D eigenvalue weighted by molar-refractivity contribution is 6.28. The van der Waals surface area contributed by atoms with Gasteiger partial charge in [0.25, 0.3) is 0 Å². The van der Waals surface area contributed by atoms with Crippen LogP contribution in [0.4, 0.5) is 0 Å². The molecule has 2 heterocycles. The fourth-order valence-electron chi connectivity index (χ4n) is 2.27. The zero-order valence-electron chi connectivity index (χ0n) is 9.32. The summed E-state index contributed by atoms with van der Waals surface area (Å²) in [5.41, 5.74) is 0.617. The van der Waals surface area contributed by atoms with Crippen molar-refractivity contribution in [2.45, 2.75) is 25.7 Å². The first-order valence-corrected chi connectivity index (χ1v) is 6.20. The van der Waals surface area contributed by atoms with Crippen molar-refractivity contribution in [1.82, 2.24) is 20.2 Å². The van der Waals surface area contributed by atoms with Crippen molar-refractivity contribution in [2.75, 3.05) is 6.61 Å². The van der Waals surface area contributed by atoms with Gasteiger partial charge < -0.3 is 4.74 Å². The van der Waals surface area contributed by atoms with E-state index in [1.807, 2.05) is 0 Å². The molecular formula is C11H13ClN4O. The van der Waals surface area contributed by atoms with Gasteiger partial charge in [-0.05, 0) is 30.4 Å². The number of nitrogens with zero attached hydrogens (tertiary/aromatic N) is 3. The van der Waals surface area contributed by atoms with Gasteiger partial charge in [0.2, 0.25) is 11.2 Å². The number of hydrogen-bond acceptors (Lipinski definition) is 4. The number of ether oxygens (including phenoxy) is 1. The van der Waals surface area contributed by atoms with Crippen molar-refractivity contribution in [1.29, 1.82) is 0 Å². The van der Waals surface area contributed by atoms with Crippen LogP contribution < -0.4 is 4.74 Å². The Hall–Kier alpha value is -1.36. The molecule has 1 saturated carbocycles. The summed E-state index contributed by atoms with van der Waals surface area (Å²) in [6.45, 7) is 0.702. The molecule has 0 saturated heterocycles. The van der Waals surface area contributed by atoms with Gasteiger partial charge >= 0.3 is 0 Å². The summed E-state index contributed by atoms with van der Waals surface area (Å²) in [4.78, 5) is 8.14. The highest BCUT2D eigenvalue weighted by Gasteiger charge is 2.17. The number of hydrogen-bond donors (Lipinski definition) is 1. The van der Waals surface area contributed by atoms with Gasteiger partial charge in [-0.25, -0.2) is 0 Å². The average molecular weight is 253 g/mol. The second-order valence-corrected chi connectivity index (χ2v) is 4.73. The number of rotatable bonds is 3. The smallest absolute Gasteiger partial charge is 0.229 e. The van der Waals surface area contributed by atoms with E-state index in [0.717, 1.165) is 5.39 Å². The van der Waals surface area contributed by atoms with Crippen LogP contribution in [0.3, 0.4) is 0 Å². The Morgan fingerprint density at radius 3 is 3.00 bits per heavy atom. The van der Waals surface area contributed by atoms with Crippen molar-refractivity contribution < 1.29 is 4.74 Å². The Labute approximate surface area is 104 Å². The Kier molecular flexibility index (Phi) is 2.84. The first-order valence-electron chi connectivity index (χ1n) is 5.82. The molecule has 2 aromatic rings. The fraction of sp³-hybridized carbons (Fsp3) is 0.545. The van der Waals surface area contributed by atoms with Crippen LogP contribution in [0.5, 0.6) is 5.88 Å². The zero-order valence-corrected chi connectivity index (χ0v) is 10.1. The van der Waals surface area contributed by atoms with Gasteiger partial charge in [0, 0.05) is 0 Å². The molecule has 0 amide bonds. The third-order valence-electron chi connectivity index (χ3n) is 3.18. The second kappa shape index (κ2) is 4.49. The molecule has 0 spiro atoms. The van der Waals surface area contributed by atoms with Crippen molar-refractivity contribution >= 4 is 22.6 Å². The topological polar surface area (TPSA) is 63.7 Å². The van der Waals surface area contributed by atoms with Crippen LogP contribution in [0.15, 0.2) is 6.20 Å². The van der Waals surface area contributed by atoms with Crippen LogP contribution in [-0.4, -0.2) is 26.8 Å². The minimum Gasteiger partial charge on any atom is -0.477 e. The summed E-state index contributed by atoms with van der Waals surface area (Å²) in [5.74, 6) is 1.17. The molecule has 0 aromatic carbocycles. The zero-order chi connectivity index (χ0) is 11.7. The minimum atomic E-state index is 0.183. The van der Waals surface area contributed by atoms with Crippen LogP contribution in [0.1, 0.15) is 25.7 Å². The van der Waals surface area contributed by atoms with Crippen molar-refractivity contribution in [3.8, 4) is 5.88 Å². The Balaban J connectivity index is 1.81. The van der Waals surface area contributed by atoms with E-state index in [1.54, 1.807) is 6.20 Å². The molecule has 1 fully saturated rings. The number of aromatic nitrogens is 4. The van der Waals surface area contributed by atoms with E-state index in [9.17, 15) is 0 Å². The third kappa shape index (κ3) is 2.20. The maximum Gasteiger partial charge on any atom is 0.229 e. The Morgan fingerprint density at radius 1 is 1.35 bits per heavy atom. The van der Waals surface area contributed by atoms with Crippen LogP contribution in [0.25, 0.3) is 11.0 Å². The van der Waals surface area contributed by atoms with E-state index >= 15 is 0 Å². The summed E-state index contributed by atoms with van der Waals surface area (Å²) < 4.78 is 5.75. The third-order valence-corrected chi connectivity index (χ3v) is 3.35. The van der Waals surface area contributed by atoms with E-state index in [0.29, 0.717) is 24.1 Å². The summed E-state index contributed by atoms with van der Waals surface area (Å²) in [6.07, 6.45) is 6.76.